The van der Waals surface area contributed by atoms with Crippen LogP contribution >= 0.6 is 0 Å². The minimum Gasteiger partial charge on any atom is -0.490 e. The summed E-state index contributed by atoms with van der Waals surface area (Å²) in [5.41, 5.74) is 1.12. The molecule has 0 radical (unpaired) electrons. The number of nitrogens with zero attached hydrogens (tertiary/aromatic N) is 1. The van der Waals surface area contributed by atoms with Gasteiger partial charge in [0, 0.05) is 0 Å². The summed E-state index contributed by atoms with van der Waals surface area (Å²) in [4.78, 5) is 25.7. The number of imide groups is 1. The second kappa shape index (κ2) is 7.21. The molecular formula is C18H26N2O4. The lowest BCUT2D eigenvalue weighted by molar-refractivity contribution is -0.132. The summed E-state index contributed by atoms with van der Waals surface area (Å²) < 4.78 is 5.70. The minimum atomic E-state index is -0.941. The van der Waals surface area contributed by atoms with Crippen molar-refractivity contribution in [3.63, 3.8) is 0 Å². The van der Waals surface area contributed by atoms with E-state index in [1.54, 1.807) is 0 Å². The lowest BCUT2D eigenvalue weighted by Crippen LogP contribution is -2.46. The fourth-order valence-corrected chi connectivity index (χ4v) is 3.04. The summed E-state index contributed by atoms with van der Waals surface area (Å²) in [5.74, 6) is 0.453. The van der Waals surface area contributed by atoms with Crippen LogP contribution < -0.4 is 10.1 Å². The molecule has 132 valence electrons. The summed E-state index contributed by atoms with van der Waals surface area (Å²) in [6, 6.07) is 5.36. The van der Waals surface area contributed by atoms with Gasteiger partial charge in [0.05, 0.1) is 6.54 Å². The minimum absolute atomic E-state index is 0.0218. The number of rotatable bonds is 7. The maximum absolute atomic E-state index is 12.5. The number of β-amino-alcohol motifs (C(OH)–C–C–N with tert-alkyl or cyclic N) is 1. The maximum Gasteiger partial charge on any atom is 0.325 e. The predicted octanol–water partition coefficient (Wildman–Crippen LogP) is 2.15. The third-order valence-electron chi connectivity index (χ3n) is 4.68. The fraction of sp³-hybridized carbons (Fsp3) is 0.556. The topological polar surface area (TPSA) is 78.9 Å². The Hall–Kier alpha value is -2.08. The van der Waals surface area contributed by atoms with Crippen LogP contribution in [0.5, 0.6) is 5.75 Å². The Balaban J connectivity index is 1.99. The third-order valence-corrected chi connectivity index (χ3v) is 4.68. The molecule has 6 nitrogen and oxygen atoms in total. The van der Waals surface area contributed by atoms with E-state index in [-0.39, 0.29) is 19.1 Å². The number of hydrogen-bond donors (Lipinski definition) is 2. The zero-order valence-corrected chi connectivity index (χ0v) is 14.8. The van der Waals surface area contributed by atoms with Gasteiger partial charge in [-0.05, 0) is 37.8 Å². The number of amides is 3. The Bertz CT molecular complexity index is 605. The van der Waals surface area contributed by atoms with Crippen LogP contribution in [-0.4, -0.2) is 46.7 Å². The number of carbonyl (C=O) groups excluding carboxylic acids is 2. The van der Waals surface area contributed by atoms with Gasteiger partial charge in [0.25, 0.3) is 5.91 Å². The molecule has 0 spiro atoms. The zero-order chi connectivity index (χ0) is 17.9. The quantitative estimate of drug-likeness (QED) is 0.749. The molecule has 1 aliphatic heterocycles. The molecule has 1 aromatic rings. The number of carbonyl (C=O) groups is 2. The van der Waals surface area contributed by atoms with E-state index in [4.69, 9.17) is 4.74 Å². The van der Waals surface area contributed by atoms with Gasteiger partial charge in [-0.25, -0.2) is 4.79 Å². The van der Waals surface area contributed by atoms with Crippen LogP contribution in [0, 0.1) is 13.8 Å². The highest BCUT2D eigenvalue weighted by Crippen LogP contribution is 2.25. The molecule has 1 unspecified atom stereocenters. The largest absolute Gasteiger partial charge is 0.490 e. The van der Waals surface area contributed by atoms with Crippen molar-refractivity contribution in [2.45, 2.75) is 52.2 Å². The molecule has 6 heteroatoms. The molecule has 24 heavy (non-hydrogen) atoms. The molecule has 1 fully saturated rings. The van der Waals surface area contributed by atoms with Crippen LogP contribution in [0.1, 0.15) is 37.8 Å². The van der Waals surface area contributed by atoms with E-state index in [1.807, 2.05) is 45.9 Å². The normalized spacial score (nSPS) is 17.8. The first-order chi connectivity index (χ1) is 11.3. The second-order valence-corrected chi connectivity index (χ2v) is 6.32. The van der Waals surface area contributed by atoms with Crippen molar-refractivity contribution < 1.29 is 19.4 Å². The molecule has 3 amide bonds. The number of hydrogen-bond acceptors (Lipinski definition) is 4. The van der Waals surface area contributed by atoms with Gasteiger partial charge in [-0.15, -0.1) is 0 Å². The molecular weight excluding hydrogens is 308 g/mol. The molecule has 0 aromatic heterocycles. The maximum atomic E-state index is 12.5. The molecule has 1 aliphatic rings. The van der Waals surface area contributed by atoms with Crippen molar-refractivity contribution in [3.05, 3.63) is 29.3 Å². The first-order valence-electron chi connectivity index (χ1n) is 8.35. The Morgan fingerprint density at radius 1 is 1.21 bits per heavy atom. The summed E-state index contributed by atoms with van der Waals surface area (Å²) in [6.45, 7) is 7.55. The summed E-state index contributed by atoms with van der Waals surface area (Å²) in [6.07, 6.45) is 0.113. The number of benzene rings is 1. The Morgan fingerprint density at radius 2 is 1.79 bits per heavy atom. The van der Waals surface area contributed by atoms with Gasteiger partial charge in [-0.1, -0.05) is 32.0 Å². The SMILES string of the molecule is CCC1(CC)NC(=O)N(CC(O)COc2c(C)cccc2C)C1=O. The van der Waals surface area contributed by atoms with Gasteiger partial charge >= 0.3 is 6.03 Å². The summed E-state index contributed by atoms with van der Waals surface area (Å²) in [5, 5.41) is 13.0. The van der Waals surface area contributed by atoms with E-state index in [0.717, 1.165) is 21.8 Å². The molecule has 0 saturated carbocycles. The molecule has 2 rings (SSSR count). The van der Waals surface area contributed by atoms with E-state index < -0.39 is 17.7 Å². The number of urea groups is 1. The smallest absolute Gasteiger partial charge is 0.325 e. The van der Waals surface area contributed by atoms with E-state index in [1.165, 1.54) is 0 Å². The molecule has 1 heterocycles. The number of ether oxygens (including phenoxy) is 1. The van der Waals surface area contributed by atoms with Crippen LogP contribution in [0.2, 0.25) is 0 Å². The number of para-hydroxylation sites is 1. The van der Waals surface area contributed by atoms with Gasteiger partial charge in [-0.3, -0.25) is 9.69 Å². The lowest BCUT2D eigenvalue weighted by Gasteiger charge is -2.24. The second-order valence-electron chi connectivity index (χ2n) is 6.32. The highest BCUT2D eigenvalue weighted by atomic mass is 16.5. The Kier molecular flexibility index (Phi) is 5.49. The first-order valence-corrected chi connectivity index (χ1v) is 8.35. The third kappa shape index (κ3) is 3.38. The summed E-state index contributed by atoms with van der Waals surface area (Å²) in [7, 11) is 0. The number of nitrogens with one attached hydrogen (secondary N) is 1. The van der Waals surface area contributed by atoms with Crippen molar-refractivity contribution in [2.24, 2.45) is 0 Å². The fourth-order valence-electron chi connectivity index (χ4n) is 3.04. The Morgan fingerprint density at radius 3 is 2.29 bits per heavy atom. The van der Waals surface area contributed by atoms with Crippen molar-refractivity contribution >= 4 is 11.9 Å². The molecule has 0 aliphatic carbocycles. The van der Waals surface area contributed by atoms with Crippen molar-refractivity contribution in [1.29, 1.82) is 0 Å². The van der Waals surface area contributed by atoms with E-state index in [0.29, 0.717) is 12.8 Å². The predicted molar refractivity (Wildman–Crippen MR) is 91.0 cm³/mol. The van der Waals surface area contributed by atoms with Crippen LogP contribution in [-0.2, 0) is 4.79 Å². The highest BCUT2D eigenvalue weighted by molar-refractivity contribution is 6.07. The molecule has 0 bridgehead atoms. The Labute approximate surface area is 142 Å². The molecule has 1 saturated heterocycles. The average Bonchev–Trinajstić information content (AvgIpc) is 2.79. The van der Waals surface area contributed by atoms with Crippen LogP contribution in [0.15, 0.2) is 18.2 Å². The summed E-state index contributed by atoms with van der Waals surface area (Å²) >= 11 is 0. The van der Waals surface area contributed by atoms with Crippen molar-refractivity contribution in [1.82, 2.24) is 10.2 Å². The zero-order valence-electron chi connectivity index (χ0n) is 14.8. The standard InChI is InChI=1S/C18H26N2O4/c1-5-18(6-2)16(22)20(17(23)19-18)10-14(21)11-24-15-12(3)8-7-9-13(15)4/h7-9,14,21H,5-6,10-11H2,1-4H3,(H,19,23). The number of aliphatic hydroxyl groups is 1. The number of aliphatic hydroxyl groups excluding tert-OH is 1. The van der Waals surface area contributed by atoms with Gasteiger partial charge in [0.2, 0.25) is 0 Å². The van der Waals surface area contributed by atoms with Crippen molar-refractivity contribution in [3.8, 4) is 5.75 Å². The number of aryl methyl sites for hydroxylation is 2. The lowest BCUT2D eigenvalue weighted by atomic mass is 9.93. The van der Waals surface area contributed by atoms with Crippen molar-refractivity contribution in [2.75, 3.05) is 13.2 Å². The van der Waals surface area contributed by atoms with E-state index in [9.17, 15) is 14.7 Å². The average molecular weight is 334 g/mol. The monoisotopic (exact) mass is 334 g/mol. The van der Waals surface area contributed by atoms with Gasteiger partial charge in [0.1, 0.15) is 24.0 Å². The van der Waals surface area contributed by atoms with Crippen LogP contribution in [0.25, 0.3) is 0 Å². The van der Waals surface area contributed by atoms with Gasteiger partial charge in [0.15, 0.2) is 0 Å². The first kappa shape index (κ1) is 18.3. The van der Waals surface area contributed by atoms with Gasteiger partial charge < -0.3 is 15.2 Å². The van der Waals surface area contributed by atoms with Crippen LogP contribution in [0.3, 0.4) is 0 Å². The molecule has 1 atom stereocenters. The molecule has 1 aromatic carbocycles. The molecule has 2 N–H and O–H groups in total. The highest BCUT2D eigenvalue weighted by Gasteiger charge is 2.48. The van der Waals surface area contributed by atoms with E-state index in [2.05, 4.69) is 5.32 Å². The van der Waals surface area contributed by atoms with E-state index >= 15 is 0 Å². The van der Waals surface area contributed by atoms with Gasteiger partial charge in [-0.2, -0.15) is 0 Å². The van der Waals surface area contributed by atoms with Crippen LogP contribution in [0.4, 0.5) is 4.79 Å².